The molecule has 1 fully saturated rings. The van der Waals surface area contributed by atoms with E-state index < -0.39 is 11.9 Å². The third kappa shape index (κ3) is 2.98. The van der Waals surface area contributed by atoms with Crippen molar-refractivity contribution in [3.05, 3.63) is 53.5 Å². The first-order valence-electron chi connectivity index (χ1n) is 8.13. The zero-order valence-corrected chi connectivity index (χ0v) is 13.9. The molecular formula is C17H16F3N5O. The minimum absolute atomic E-state index is 0.0752. The van der Waals surface area contributed by atoms with E-state index in [1.165, 1.54) is 10.8 Å². The van der Waals surface area contributed by atoms with E-state index in [2.05, 4.69) is 15.1 Å². The highest BCUT2D eigenvalue weighted by Gasteiger charge is 2.35. The van der Waals surface area contributed by atoms with Crippen LogP contribution in [-0.4, -0.2) is 39.3 Å². The molecule has 9 heteroatoms. The number of aromatic nitrogens is 4. The van der Waals surface area contributed by atoms with Gasteiger partial charge in [0.1, 0.15) is 18.2 Å². The molecule has 0 N–H and O–H groups in total. The quantitative estimate of drug-likeness (QED) is 0.701. The first-order chi connectivity index (χ1) is 12.4. The van der Waals surface area contributed by atoms with Crippen molar-refractivity contribution in [2.24, 2.45) is 0 Å². The van der Waals surface area contributed by atoms with Gasteiger partial charge in [0.05, 0.1) is 6.61 Å². The van der Waals surface area contributed by atoms with Crippen molar-refractivity contribution in [3.63, 3.8) is 0 Å². The number of alkyl halides is 3. The number of halogens is 3. The summed E-state index contributed by atoms with van der Waals surface area (Å²) in [6.07, 6.45) is -3.58. The van der Waals surface area contributed by atoms with E-state index in [1.54, 1.807) is 0 Å². The Morgan fingerprint density at radius 3 is 2.81 bits per heavy atom. The zero-order chi connectivity index (χ0) is 18.3. The monoisotopic (exact) mass is 363 g/mol. The SMILES string of the molecule is Cc1ccccc1C1CN(c2cc(C(F)(F)F)nc3ncnn23)CCO1. The van der Waals surface area contributed by atoms with Crippen molar-refractivity contribution in [1.29, 1.82) is 0 Å². The fourth-order valence-corrected chi connectivity index (χ4v) is 3.16. The van der Waals surface area contributed by atoms with E-state index in [4.69, 9.17) is 4.74 Å². The Kier molecular flexibility index (Phi) is 4.03. The summed E-state index contributed by atoms with van der Waals surface area (Å²) in [7, 11) is 0. The van der Waals surface area contributed by atoms with Gasteiger partial charge in [-0.2, -0.15) is 27.8 Å². The number of aryl methyl sites for hydroxylation is 1. The Labute approximate surface area is 147 Å². The Morgan fingerprint density at radius 2 is 2.04 bits per heavy atom. The predicted octanol–water partition coefficient (Wildman–Crippen LogP) is 3.03. The lowest BCUT2D eigenvalue weighted by Crippen LogP contribution is -2.40. The second-order valence-electron chi connectivity index (χ2n) is 6.13. The molecule has 1 atom stereocenters. The summed E-state index contributed by atoms with van der Waals surface area (Å²) in [4.78, 5) is 9.21. The summed E-state index contributed by atoms with van der Waals surface area (Å²) < 4.78 is 46.8. The lowest BCUT2D eigenvalue weighted by molar-refractivity contribution is -0.141. The standard InChI is InChI=1S/C17H16F3N5O/c1-11-4-2-3-5-12(11)13-9-24(6-7-26-13)15-8-14(17(18,19)20)23-16-21-10-22-25(15)16/h2-5,8,10,13H,6-7,9H2,1H3. The van der Waals surface area contributed by atoms with Gasteiger partial charge in [-0.15, -0.1) is 0 Å². The molecule has 4 rings (SSSR count). The van der Waals surface area contributed by atoms with Gasteiger partial charge in [0, 0.05) is 19.2 Å². The lowest BCUT2D eigenvalue weighted by Gasteiger charge is -2.35. The number of hydrogen-bond donors (Lipinski definition) is 0. The van der Waals surface area contributed by atoms with E-state index in [0.717, 1.165) is 17.2 Å². The molecule has 0 bridgehead atoms. The molecule has 0 saturated carbocycles. The van der Waals surface area contributed by atoms with Crippen LogP contribution in [0.1, 0.15) is 22.9 Å². The molecule has 0 radical (unpaired) electrons. The van der Waals surface area contributed by atoms with Crippen LogP contribution in [0.25, 0.3) is 5.78 Å². The molecule has 1 unspecified atom stereocenters. The molecule has 3 heterocycles. The Balaban J connectivity index is 1.73. The van der Waals surface area contributed by atoms with Crippen molar-refractivity contribution in [2.75, 3.05) is 24.6 Å². The van der Waals surface area contributed by atoms with E-state index >= 15 is 0 Å². The number of hydrogen-bond acceptors (Lipinski definition) is 5. The van der Waals surface area contributed by atoms with Gasteiger partial charge in [-0.25, -0.2) is 4.98 Å². The van der Waals surface area contributed by atoms with Gasteiger partial charge in [0.2, 0.25) is 0 Å². The van der Waals surface area contributed by atoms with Gasteiger partial charge in [-0.05, 0) is 18.1 Å². The lowest BCUT2D eigenvalue weighted by atomic mass is 10.0. The number of benzene rings is 1. The van der Waals surface area contributed by atoms with Gasteiger partial charge in [0.15, 0.2) is 5.69 Å². The fourth-order valence-electron chi connectivity index (χ4n) is 3.16. The van der Waals surface area contributed by atoms with Crippen molar-refractivity contribution in [1.82, 2.24) is 19.6 Å². The minimum atomic E-state index is -4.55. The number of morpholine rings is 1. The number of fused-ring (bicyclic) bond motifs is 1. The molecule has 3 aromatic rings. The molecule has 1 aliphatic rings. The van der Waals surface area contributed by atoms with Gasteiger partial charge in [-0.3, -0.25) is 0 Å². The first kappa shape index (κ1) is 16.8. The van der Waals surface area contributed by atoms with Gasteiger partial charge >= 0.3 is 6.18 Å². The molecule has 0 spiro atoms. The molecule has 1 aromatic carbocycles. The Bertz CT molecular complexity index is 940. The number of rotatable bonds is 2. The molecule has 2 aromatic heterocycles. The third-order valence-corrected chi connectivity index (χ3v) is 4.45. The minimum Gasteiger partial charge on any atom is -0.370 e. The molecule has 136 valence electrons. The second kappa shape index (κ2) is 6.24. The molecule has 6 nitrogen and oxygen atoms in total. The topological polar surface area (TPSA) is 55.6 Å². The van der Waals surface area contributed by atoms with Gasteiger partial charge in [-0.1, -0.05) is 24.3 Å². The third-order valence-electron chi connectivity index (χ3n) is 4.45. The molecule has 0 amide bonds. The Morgan fingerprint density at radius 1 is 1.23 bits per heavy atom. The van der Waals surface area contributed by atoms with Crippen molar-refractivity contribution >= 4 is 11.6 Å². The maximum absolute atomic E-state index is 13.2. The maximum Gasteiger partial charge on any atom is 0.433 e. The van der Waals surface area contributed by atoms with Crippen LogP contribution in [0.4, 0.5) is 19.0 Å². The van der Waals surface area contributed by atoms with Crippen LogP contribution in [0.2, 0.25) is 0 Å². The van der Waals surface area contributed by atoms with E-state index in [9.17, 15) is 13.2 Å². The predicted molar refractivity (Wildman–Crippen MR) is 87.9 cm³/mol. The zero-order valence-electron chi connectivity index (χ0n) is 13.9. The van der Waals surface area contributed by atoms with Crippen molar-refractivity contribution in [2.45, 2.75) is 19.2 Å². The van der Waals surface area contributed by atoms with E-state index in [-0.39, 0.29) is 11.9 Å². The average Bonchev–Trinajstić information content (AvgIpc) is 3.09. The van der Waals surface area contributed by atoms with Crippen LogP contribution in [0.3, 0.4) is 0 Å². The highest BCUT2D eigenvalue weighted by molar-refractivity contribution is 5.49. The van der Waals surface area contributed by atoms with Crippen molar-refractivity contribution < 1.29 is 17.9 Å². The first-order valence-corrected chi connectivity index (χ1v) is 8.13. The van der Waals surface area contributed by atoms with Crippen LogP contribution in [0, 0.1) is 6.92 Å². The molecule has 0 aliphatic carbocycles. The summed E-state index contributed by atoms with van der Waals surface area (Å²) in [5, 5.41) is 4.03. The van der Waals surface area contributed by atoms with Crippen molar-refractivity contribution in [3.8, 4) is 0 Å². The second-order valence-corrected chi connectivity index (χ2v) is 6.13. The molecule has 1 saturated heterocycles. The summed E-state index contributed by atoms with van der Waals surface area (Å²) >= 11 is 0. The van der Waals surface area contributed by atoms with Crippen LogP contribution >= 0.6 is 0 Å². The normalized spacial score (nSPS) is 18.5. The number of anilines is 1. The van der Waals surface area contributed by atoms with Crippen LogP contribution in [-0.2, 0) is 10.9 Å². The van der Waals surface area contributed by atoms with E-state index in [0.29, 0.717) is 25.5 Å². The molecule has 1 aliphatic heterocycles. The Hall–Kier alpha value is -2.68. The van der Waals surface area contributed by atoms with Gasteiger partial charge < -0.3 is 9.64 Å². The number of ether oxygens (including phenoxy) is 1. The summed E-state index contributed by atoms with van der Waals surface area (Å²) in [5.41, 5.74) is 1.13. The summed E-state index contributed by atoms with van der Waals surface area (Å²) in [6.45, 7) is 3.26. The summed E-state index contributed by atoms with van der Waals surface area (Å²) in [5.74, 6) is 0.232. The van der Waals surface area contributed by atoms with Crippen LogP contribution in [0.15, 0.2) is 36.7 Å². The summed E-state index contributed by atoms with van der Waals surface area (Å²) in [6, 6.07) is 8.84. The largest absolute Gasteiger partial charge is 0.433 e. The number of nitrogens with zero attached hydrogens (tertiary/aromatic N) is 5. The molecule has 26 heavy (non-hydrogen) atoms. The van der Waals surface area contributed by atoms with Crippen LogP contribution in [0.5, 0.6) is 0 Å². The van der Waals surface area contributed by atoms with Gasteiger partial charge in [0.25, 0.3) is 5.78 Å². The molecular weight excluding hydrogens is 347 g/mol. The maximum atomic E-state index is 13.2. The fraction of sp³-hybridized carbons (Fsp3) is 0.353. The van der Waals surface area contributed by atoms with E-state index in [1.807, 2.05) is 36.1 Å². The smallest absolute Gasteiger partial charge is 0.370 e. The average molecular weight is 363 g/mol. The van der Waals surface area contributed by atoms with Crippen LogP contribution < -0.4 is 4.90 Å². The highest BCUT2D eigenvalue weighted by atomic mass is 19.4. The highest BCUT2D eigenvalue weighted by Crippen LogP contribution is 2.32.